The van der Waals surface area contributed by atoms with Gasteiger partial charge in [0, 0.05) is 31.9 Å². The molecule has 0 bridgehead atoms. The average molecular weight is 292 g/mol. The lowest BCUT2D eigenvalue weighted by Gasteiger charge is -2.19. The summed E-state index contributed by atoms with van der Waals surface area (Å²) in [5, 5.41) is 0. The maximum Gasteiger partial charge on any atom is 0.211 e. The summed E-state index contributed by atoms with van der Waals surface area (Å²) in [5.41, 5.74) is 0.553. The minimum absolute atomic E-state index is 0.0476. The van der Waals surface area contributed by atoms with Gasteiger partial charge in [0.2, 0.25) is 10.0 Å². The number of nitrogens with zero attached hydrogens (tertiary/aromatic N) is 1. The lowest BCUT2D eigenvalue weighted by atomic mass is 10.2. The number of anilines is 1. The first-order valence-electron chi connectivity index (χ1n) is 5.99. The molecule has 0 aromatic heterocycles. The van der Waals surface area contributed by atoms with Gasteiger partial charge in [-0.25, -0.2) is 21.9 Å². The van der Waals surface area contributed by atoms with Gasteiger partial charge in [-0.15, -0.1) is 0 Å². The predicted octanol–water partition coefficient (Wildman–Crippen LogP) is 1.73. The lowest BCUT2D eigenvalue weighted by Crippen LogP contribution is -2.29. The van der Waals surface area contributed by atoms with Crippen molar-refractivity contribution < 1.29 is 17.2 Å². The average Bonchev–Trinajstić information content (AvgIpc) is 2.37. The maximum atomic E-state index is 13.0. The summed E-state index contributed by atoms with van der Waals surface area (Å²) in [5.74, 6) is -1.73. The lowest BCUT2D eigenvalue weighted by molar-refractivity contribution is 0.508. The molecule has 7 heteroatoms. The van der Waals surface area contributed by atoms with Crippen molar-refractivity contribution in [1.82, 2.24) is 4.72 Å². The van der Waals surface area contributed by atoms with Crippen LogP contribution in [0.15, 0.2) is 18.2 Å². The van der Waals surface area contributed by atoms with Crippen molar-refractivity contribution in [2.24, 2.45) is 0 Å². The molecule has 0 fully saturated rings. The van der Waals surface area contributed by atoms with Crippen molar-refractivity contribution in [3.8, 4) is 0 Å². The number of nitrogens with one attached hydrogen (secondary N) is 1. The summed E-state index contributed by atoms with van der Waals surface area (Å²) in [7, 11) is -1.44. The summed E-state index contributed by atoms with van der Waals surface area (Å²) >= 11 is 0. The number of hydrogen-bond donors (Lipinski definition) is 1. The van der Waals surface area contributed by atoms with Crippen LogP contribution in [0.3, 0.4) is 0 Å². The van der Waals surface area contributed by atoms with Crippen LogP contribution in [0.4, 0.5) is 14.5 Å². The largest absolute Gasteiger partial charge is 0.374 e. The van der Waals surface area contributed by atoms with Gasteiger partial charge < -0.3 is 4.90 Å². The zero-order chi connectivity index (χ0) is 14.5. The SMILES string of the molecule is CCS(=O)(=O)NCCCN(C)c1ccc(F)c(F)c1. The Balaban J connectivity index is 2.43. The van der Waals surface area contributed by atoms with Gasteiger partial charge in [-0.1, -0.05) is 0 Å². The Morgan fingerprint density at radius 1 is 1.26 bits per heavy atom. The molecular weight excluding hydrogens is 274 g/mol. The van der Waals surface area contributed by atoms with Crippen LogP contribution in [-0.4, -0.2) is 34.3 Å². The van der Waals surface area contributed by atoms with Crippen LogP contribution in [0.5, 0.6) is 0 Å². The molecule has 1 N–H and O–H groups in total. The number of rotatable bonds is 7. The topological polar surface area (TPSA) is 49.4 Å². The molecular formula is C12H18F2N2O2S. The van der Waals surface area contributed by atoms with Gasteiger partial charge >= 0.3 is 0 Å². The molecule has 1 aromatic rings. The Bertz CT molecular complexity index is 520. The molecule has 0 aliphatic heterocycles. The highest BCUT2D eigenvalue weighted by molar-refractivity contribution is 7.89. The van der Waals surface area contributed by atoms with Crippen molar-refractivity contribution in [2.45, 2.75) is 13.3 Å². The highest BCUT2D eigenvalue weighted by Gasteiger charge is 2.08. The molecule has 0 spiro atoms. The molecule has 0 radical (unpaired) electrons. The zero-order valence-corrected chi connectivity index (χ0v) is 11.8. The molecule has 0 unspecified atom stereocenters. The van der Waals surface area contributed by atoms with Gasteiger partial charge in [0.25, 0.3) is 0 Å². The van der Waals surface area contributed by atoms with Crippen molar-refractivity contribution in [1.29, 1.82) is 0 Å². The fourth-order valence-electron chi connectivity index (χ4n) is 1.50. The fraction of sp³-hybridized carbons (Fsp3) is 0.500. The first kappa shape index (κ1) is 15.8. The Morgan fingerprint density at radius 3 is 2.53 bits per heavy atom. The van der Waals surface area contributed by atoms with Gasteiger partial charge in [0.15, 0.2) is 11.6 Å². The number of halogens is 2. The van der Waals surface area contributed by atoms with Crippen LogP contribution in [-0.2, 0) is 10.0 Å². The minimum Gasteiger partial charge on any atom is -0.374 e. The summed E-state index contributed by atoms with van der Waals surface area (Å²) in [4.78, 5) is 1.74. The third-order valence-corrected chi connectivity index (χ3v) is 4.12. The third kappa shape index (κ3) is 5.12. The summed E-state index contributed by atoms with van der Waals surface area (Å²) in [6, 6.07) is 3.67. The van der Waals surface area contributed by atoms with Crippen LogP contribution in [0.2, 0.25) is 0 Å². The van der Waals surface area contributed by atoms with Crippen LogP contribution in [0.1, 0.15) is 13.3 Å². The second kappa shape index (κ2) is 6.81. The molecule has 0 heterocycles. The second-order valence-electron chi connectivity index (χ2n) is 4.17. The molecule has 4 nitrogen and oxygen atoms in total. The van der Waals surface area contributed by atoms with E-state index >= 15 is 0 Å². The summed E-state index contributed by atoms with van der Waals surface area (Å²) in [6.07, 6.45) is 0.578. The smallest absolute Gasteiger partial charge is 0.211 e. The van der Waals surface area contributed by atoms with Crippen LogP contribution in [0.25, 0.3) is 0 Å². The predicted molar refractivity (Wildman–Crippen MR) is 71.7 cm³/mol. The molecule has 19 heavy (non-hydrogen) atoms. The normalized spacial score (nSPS) is 11.6. The van der Waals surface area contributed by atoms with Gasteiger partial charge in [-0.05, 0) is 25.5 Å². The molecule has 1 rings (SSSR count). The molecule has 0 atom stereocenters. The van der Waals surface area contributed by atoms with E-state index in [0.717, 1.165) is 12.1 Å². The van der Waals surface area contributed by atoms with Gasteiger partial charge in [-0.3, -0.25) is 0 Å². The molecule has 0 aliphatic carbocycles. The number of hydrogen-bond acceptors (Lipinski definition) is 3. The monoisotopic (exact) mass is 292 g/mol. The van der Waals surface area contributed by atoms with E-state index < -0.39 is 21.7 Å². The molecule has 0 aliphatic rings. The first-order valence-corrected chi connectivity index (χ1v) is 7.64. The molecule has 0 amide bonds. The van der Waals surface area contributed by atoms with E-state index in [9.17, 15) is 17.2 Å². The highest BCUT2D eigenvalue weighted by atomic mass is 32.2. The maximum absolute atomic E-state index is 13.0. The fourth-order valence-corrected chi connectivity index (χ4v) is 2.16. The van der Waals surface area contributed by atoms with Crippen molar-refractivity contribution in [3.05, 3.63) is 29.8 Å². The first-order chi connectivity index (χ1) is 8.85. The van der Waals surface area contributed by atoms with Gasteiger partial charge in [0.05, 0.1) is 5.75 Å². The van der Waals surface area contributed by atoms with Gasteiger partial charge in [0.1, 0.15) is 0 Å². The van der Waals surface area contributed by atoms with Crippen molar-refractivity contribution >= 4 is 15.7 Å². The van der Waals surface area contributed by atoms with E-state index in [-0.39, 0.29) is 5.75 Å². The Labute approximate surface area is 112 Å². The third-order valence-electron chi connectivity index (χ3n) is 2.72. The van der Waals surface area contributed by atoms with Crippen molar-refractivity contribution in [3.63, 3.8) is 0 Å². The van der Waals surface area contributed by atoms with Crippen molar-refractivity contribution in [2.75, 3.05) is 30.8 Å². The quantitative estimate of drug-likeness (QED) is 0.779. The van der Waals surface area contributed by atoms with E-state index in [1.807, 2.05) is 0 Å². The summed E-state index contributed by atoms with van der Waals surface area (Å²) < 4.78 is 50.6. The molecule has 0 saturated carbocycles. The van der Waals surface area contributed by atoms with Crippen LogP contribution < -0.4 is 9.62 Å². The van der Waals surface area contributed by atoms with E-state index in [2.05, 4.69) is 4.72 Å². The van der Waals surface area contributed by atoms with E-state index in [4.69, 9.17) is 0 Å². The summed E-state index contributed by atoms with van der Waals surface area (Å²) in [6.45, 7) is 2.43. The molecule has 1 aromatic carbocycles. The Hall–Kier alpha value is -1.21. The zero-order valence-electron chi connectivity index (χ0n) is 11.0. The highest BCUT2D eigenvalue weighted by Crippen LogP contribution is 2.16. The van der Waals surface area contributed by atoms with Gasteiger partial charge in [-0.2, -0.15) is 0 Å². The van der Waals surface area contributed by atoms with E-state index in [0.29, 0.717) is 25.2 Å². The molecule has 108 valence electrons. The number of benzene rings is 1. The Morgan fingerprint density at radius 2 is 1.95 bits per heavy atom. The van der Waals surface area contributed by atoms with E-state index in [1.54, 1.807) is 18.9 Å². The van der Waals surface area contributed by atoms with Crippen LogP contribution >= 0.6 is 0 Å². The second-order valence-corrected chi connectivity index (χ2v) is 6.27. The number of sulfonamides is 1. The molecule has 0 saturated heterocycles. The Kier molecular flexibility index (Phi) is 5.68. The van der Waals surface area contributed by atoms with Crippen LogP contribution in [0, 0.1) is 11.6 Å². The van der Waals surface area contributed by atoms with E-state index in [1.165, 1.54) is 6.07 Å². The minimum atomic E-state index is -3.17. The standard InChI is InChI=1S/C12H18F2N2O2S/c1-3-19(17,18)15-7-4-8-16(2)10-5-6-11(13)12(14)9-10/h5-6,9,15H,3-4,7-8H2,1-2H3.